The quantitative estimate of drug-likeness (QED) is 0.838. The Morgan fingerprint density at radius 2 is 2.15 bits per heavy atom. The fourth-order valence-electron chi connectivity index (χ4n) is 2.95. The van der Waals surface area contributed by atoms with Crippen LogP contribution in [-0.4, -0.2) is 26.0 Å². The van der Waals surface area contributed by atoms with Crippen molar-refractivity contribution < 1.29 is 9.53 Å². The second-order valence-corrected chi connectivity index (χ2v) is 5.81. The Labute approximate surface area is 121 Å². The van der Waals surface area contributed by atoms with Crippen LogP contribution in [0.25, 0.3) is 0 Å². The van der Waals surface area contributed by atoms with Crippen molar-refractivity contribution >= 4 is 5.78 Å². The van der Waals surface area contributed by atoms with E-state index in [1.54, 1.807) is 7.11 Å². The number of methoxy groups -OCH3 is 1. The van der Waals surface area contributed by atoms with Gasteiger partial charge in [-0.2, -0.15) is 0 Å². The van der Waals surface area contributed by atoms with Crippen molar-refractivity contribution in [3.8, 4) is 5.75 Å². The minimum absolute atomic E-state index is 0.263. The van der Waals surface area contributed by atoms with Crippen LogP contribution < -0.4 is 10.1 Å². The maximum Gasteiger partial charge on any atom is 0.163 e. The van der Waals surface area contributed by atoms with E-state index in [4.69, 9.17) is 4.74 Å². The zero-order valence-electron chi connectivity index (χ0n) is 12.8. The van der Waals surface area contributed by atoms with E-state index in [2.05, 4.69) is 5.32 Å². The van der Waals surface area contributed by atoms with Gasteiger partial charge in [0, 0.05) is 12.0 Å². The second-order valence-electron chi connectivity index (χ2n) is 5.81. The van der Waals surface area contributed by atoms with Crippen molar-refractivity contribution in [2.45, 2.75) is 39.5 Å². The maximum absolute atomic E-state index is 12.4. The number of hydrogen-bond acceptors (Lipinski definition) is 3. The average Bonchev–Trinajstić information content (AvgIpc) is 2.47. The number of rotatable bonds is 5. The number of Topliss-reactive ketones (excluding diaryl/α,β-unsaturated/α-hetero) is 1. The summed E-state index contributed by atoms with van der Waals surface area (Å²) in [6, 6.07) is 3.93. The van der Waals surface area contributed by atoms with Crippen molar-refractivity contribution in [1.82, 2.24) is 5.32 Å². The Kier molecular flexibility index (Phi) is 5.18. The number of ketones is 1. The SMILES string of the molecule is COc1cc(C)c(C(=O)CCC2CCCNC2)cc1C. The molecule has 1 aliphatic rings. The molecule has 0 saturated carbocycles. The van der Waals surface area contributed by atoms with E-state index in [0.29, 0.717) is 12.3 Å². The molecule has 0 bridgehead atoms. The summed E-state index contributed by atoms with van der Waals surface area (Å²) < 4.78 is 5.30. The summed E-state index contributed by atoms with van der Waals surface area (Å²) in [7, 11) is 1.67. The molecule has 20 heavy (non-hydrogen) atoms. The Bertz CT molecular complexity index is 476. The predicted molar refractivity (Wildman–Crippen MR) is 81.6 cm³/mol. The number of aryl methyl sites for hydroxylation is 2. The van der Waals surface area contributed by atoms with Crippen LogP contribution in [0, 0.1) is 19.8 Å². The molecule has 1 aliphatic heterocycles. The molecule has 1 saturated heterocycles. The highest BCUT2D eigenvalue weighted by atomic mass is 16.5. The summed E-state index contributed by atoms with van der Waals surface area (Å²) in [6.45, 7) is 6.16. The number of ether oxygens (including phenoxy) is 1. The minimum Gasteiger partial charge on any atom is -0.496 e. The third-order valence-corrected chi connectivity index (χ3v) is 4.22. The second kappa shape index (κ2) is 6.89. The topological polar surface area (TPSA) is 38.3 Å². The molecule has 1 unspecified atom stereocenters. The number of carbonyl (C=O) groups excluding carboxylic acids is 1. The van der Waals surface area contributed by atoms with Gasteiger partial charge in [0.25, 0.3) is 0 Å². The molecule has 0 aliphatic carbocycles. The van der Waals surface area contributed by atoms with Gasteiger partial charge in [-0.15, -0.1) is 0 Å². The minimum atomic E-state index is 0.263. The molecule has 0 radical (unpaired) electrons. The molecular formula is C17H25NO2. The first-order valence-electron chi connectivity index (χ1n) is 7.51. The molecule has 0 amide bonds. The lowest BCUT2D eigenvalue weighted by Gasteiger charge is -2.22. The van der Waals surface area contributed by atoms with Crippen molar-refractivity contribution in [1.29, 1.82) is 0 Å². The standard InChI is InChI=1S/C17H25NO2/c1-12-10-17(20-3)13(2)9-15(12)16(19)7-6-14-5-4-8-18-11-14/h9-10,14,18H,4-8,11H2,1-3H3. The molecular weight excluding hydrogens is 250 g/mol. The van der Waals surface area contributed by atoms with Gasteiger partial charge in [0.15, 0.2) is 5.78 Å². The highest BCUT2D eigenvalue weighted by molar-refractivity contribution is 5.97. The van der Waals surface area contributed by atoms with Gasteiger partial charge in [-0.1, -0.05) is 0 Å². The molecule has 1 aromatic carbocycles. The van der Waals surface area contributed by atoms with E-state index in [1.165, 1.54) is 12.8 Å². The highest BCUT2D eigenvalue weighted by Crippen LogP contribution is 2.25. The molecule has 110 valence electrons. The Morgan fingerprint density at radius 3 is 2.80 bits per heavy atom. The lowest BCUT2D eigenvalue weighted by molar-refractivity contribution is 0.0970. The molecule has 3 nitrogen and oxygen atoms in total. The first-order valence-corrected chi connectivity index (χ1v) is 7.51. The van der Waals surface area contributed by atoms with E-state index in [1.807, 2.05) is 26.0 Å². The summed E-state index contributed by atoms with van der Waals surface area (Å²) in [5.74, 6) is 1.78. The van der Waals surface area contributed by atoms with Crippen LogP contribution in [0.5, 0.6) is 5.75 Å². The molecule has 3 heteroatoms. The first-order chi connectivity index (χ1) is 9.61. The van der Waals surface area contributed by atoms with Gasteiger partial charge in [-0.05, 0) is 75.4 Å². The third-order valence-electron chi connectivity index (χ3n) is 4.22. The summed E-state index contributed by atoms with van der Waals surface area (Å²) in [5.41, 5.74) is 2.90. The monoisotopic (exact) mass is 275 g/mol. The van der Waals surface area contributed by atoms with Gasteiger partial charge < -0.3 is 10.1 Å². The number of benzene rings is 1. The fraction of sp³-hybridized carbons (Fsp3) is 0.588. The van der Waals surface area contributed by atoms with Crippen molar-refractivity contribution in [2.24, 2.45) is 5.92 Å². The number of nitrogens with one attached hydrogen (secondary N) is 1. The summed E-state index contributed by atoms with van der Waals surface area (Å²) in [4.78, 5) is 12.4. The van der Waals surface area contributed by atoms with Crippen LogP contribution in [0.3, 0.4) is 0 Å². The smallest absolute Gasteiger partial charge is 0.163 e. The molecule has 0 spiro atoms. The predicted octanol–water partition coefficient (Wildman–Crippen LogP) is 3.27. The van der Waals surface area contributed by atoms with Crippen LogP contribution in [0.4, 0.5) is 0 Å². The Balaban J connectivity index is 1.99. The third kappa shape index (κ3) is 3.60. The van der Waals surface area contributed by atoms with Crippen molar-refractivity contribution in [3.63, 3.8) is 0 Å². The van der Waals surface area contributed by atoms with Gasteiger partial charge in [0.05, 0.1) is 7.11 Å². The van der Waals surface area contributed by atoms with E-state index in [0.717, 1.165) is 42.0 Å². The van der Waals surface area contributed by atoms with Gasteiger partial charge in [-0.25, -0.2) is 0 Å². The van der Waals surface area contributed by atoms with Crippen LogP contribution in [0.1, 0.15) is 47.2 Å². The largest absolute Gasteiger partial charge is 0.496 e. The highest BCUT2D eigenvalue weighted by Gasteiger charge is 2.17. The molecule has 1 N–H and O–H groups in total. The summed E-state index contributed by atoms with van der Waals surface area (Å²) in [5, 5.41) is 3.41. The van der Waals surface area contributed by atoms with Crippen LogP contribution >= 0.6 is 0 Å². The van der Waals surface area contributed by atoms with E-state index in [-0.39, 0.29) is 5.78 Å². The Hall–Kier alpha value is -1.35. The average molecular weight is 275 g/mol. The normalized spacial score (nSPS) is 18.9. The lowest BCUT2D eigenvalue weighted by Crippen LogP contribution is -2.30. The number of piperidine rings is 1. The maximum atomic E-state index is 12.4. The van der Waals surface area contributed by atoms with E-state index >= 15 is 0 Å². The van der Waals surface area contributed by atoms with Gasteiger partial charge in [0.1, 0.15) is 5.75 Å². The van der Waals surface area contributed by atoms with Crippen molar-refractivity contribution in [3.05, 3.63) is 28.8 Å². The molecule has 1 aromatic rings. The fourth-order valence-corrected chi connectivity index (χ4v) is 2.95. The molecule has 1 atom stereocenters. The van der Waals surface area contributed by atoms with E-state index in [9.17, 15) is 4.79 Å². The van der Waals surface area contributed by atoms with Gasteiger partial charge in [0.2, 0.25) is 0 Å². The van der Waals surface area contributed by atoms with Gasteiger partial charge >= 0.3 is 0 Å². The van der Waals surface area contributed by atoms with E-state index < -0.39 is 0 Å². The lowest BCUT2D eigenvalue weighted by atomic mass is 9.91. The molecule has 0 aromatic heterocycles. The summed E-state index contributed by atoms with van der Waals surface area (Å²) in [6.07, 6.45) is 4.13. The zero-order valence-corrected chi connectivity index (χ0v) is 12.8. The Morgan fingerprint density at radius 1 is 1.35 bits per heavy atom. The van der Waals surface area contributed by atoms with Crippen LogP contribution in [0.15, 0.2) is 12.1 Å². The zero-order chi connectivity index (χ0) is 14.5. The van der Waals surface area contributed by atoms with Crippen LogP contribution in [0.2, 0.25) is 0 Å². The van der Waals surface area contributed by atoms with Gasteiger partial charge in [-0.3, -0.25) is 4.79 Å². The summed E-state index contributed by atoms with van der Waals surface area (Å²) >= 11 is 0. The van der Waals surface area contributed by atoms with Crippen LogP contribution in [-0.2, 0) is 0 Å². The van der Waals surface area contributed by atoms with Crippen molar-refractivity contribution in [2.75, 3.05) is 20.2 Å². The number of hydrogen-bond donors (Lipinski definition) is 1. The first kappa shape index (κ1) is 15.0. The molecule has 2 rings (SSSR count). The molecule has 1 fully saturated rings. The number of carbonyl (C=O) groups is 1. The molecule has 1 heterocycles.